The molecule has 0 aliphatic heterocycles. The van der Waals surface area contributed by atoms with Gasteiger partial charge in [0.05, 0.1) is 0 Å². The fourth-order valence-corrected chi connectivity index (χ4v) is 2.47. The van der Waals surface area contributed by atoms with Gasteiger partial charge in [0.25, 0.3) is 5.91 Å². The van der Waals surface area contributed by atoms with Gasteiger partial charge >= 0.3 is 0 Å². The van der Waals surface area contributed by atoms with Crippen LogP contribution < -0.4 is 10.1 Å². The smallest absolute Gasteiger partial charge is 0.260 e. The van der Waals surface area contributed by atoms with Gasteiger partial charge in [0.1, 0.15) is 11.6 Å². The molecule has 0 unspecified atom stereocenters. The molecule has 2 rings (SSSR count). The minimum atomic E-state index is -0.544. The summed E-state index contributed by atoms with van der Waals surface area (Å²) >= 11 is 0. The van der Waals surface area contributed by atoms with Crippen LogP contribution in [-0.2, 0) is 11.2 Å². The van der Waals surface area contributed by atoms with Crippen molar-refractivity contribution in [3.8, 4) is 5.75 Å². The molecule has 0 radical (unpaired) electrons. The Bertz CT molecular complexity index is 683. The quantitative estimate of drug-likeness (QED) is 0.781. The summed E-state index contributed by atoms with van der Waals surface area (Å²) in [6, 6.07) is 12.3. The van der Waals surface area contributed by atoms with E-state index in [4.69, 9.17) is 4.74 Å². The maximum atomic E-state index is 12.8. The Morgan fingerprint density at radius 3 is 2.54 bits per heavy atom. The zero-order valence-electron chi connectivity index (χ0n) is 14.4. The Morgan fingerprint density at radius 1 is 1.17 bits per heavy atom. The number of benzene rings is 2. The van der Waals surface area contributed by atoms with E-state index in [0.717, 1.165) is 35.3 Å². The predicted molar refractivity (Wildman–Crippen MR) is 93.7 cm³/mol. The number of rotatable bonds is 7. The van der Waals surface area contributed by atoms with Crippen molar-refractivity contribution < 1.29 is 13.9 Å². The lowest BCUT2D eigenvalue weighted by Gasteiger charge is -2.16. The minimum absolute atomic E-state index is 0.130. The summed E-state index contributed by atoms with van der Waals surface area (Å²) in [5.41, 5.74) is 3.24. The summed E-state index contributed by atoms with van der Waals surface area (Å²) in [5.74, 6) is 0.369. The lowest BCUT2D eigenvalue weighted by Crippen LogP contribution is -2.37. The van der Waals surface area contributed by atoms with Gasteiger partial charge in [0, 0.05) is 6.54 Å². The van der Waals surface area contributed by atoms with Crippen molar-refractivity contribution in [3.05, 3.63) is 65.0 Å². The van der Waals surface area contributed by atoms with Gasteiger partial charge in [-0.05, 0) is 62.9 Å². The summed E-state index contributed by atoms with van der Waals surface area (Å²) in [5, 5.41) is 2.88. The van der Waals surface area contributed by atoms with Crippen LogP contribution >= 0.6 is 0 Å². The van der Waals surface area contributed by atoms with E-state index in [2.05, 4.69) is 5.32 Å². The van der Waals surface area contributed by atoms with E-state index in [1.165, 1.54) is 12.1 Å². The van der Waals surface area contributed by atoms with E-state index < -0.39 is 6.10 Å². The molecule has 1 atom stereocenters. The molecule has 0 aromatic heterocycles. The van der Waals surface area contributed by atoms with Gasteiger partial charge in [-0.25, -0.2) is 4.39 Å². The summed E-state index contributed by atoms with van der Waals surface area (Å²) in [6.45, 7) is 6.30. The monoisotopic (exact) mass is 329 g/mol. The first-order chi connectivity index (χ1) is 11.5. The molecular formula is C20H24FNO2. The number of amides is 1. The summed E-state index contributed by atoms with van der Waals surface area (Å²) in [4.78, 5) is 12.1. The van der Waals surface area contributed by atoms with Gasteiger partial charge in [0.15, 0.2) is 6.10 Å². The lowest BCUT2D eigenvalue weighted by molar-refractivity contribution is -0.127. The zero-order valence-corrected chi connectivity index (χ0v) is 14.4. The van der Waals surface area contributed by atoms with Gasteiger partial charge < -0.3 is 10.1 Å². The number of nitrogens with one attached hydrogen (secondary N) is 1. The van der Waals surface area contributed by atoms with Crippen LogP contribution in [-0.4, -0.2) is 18.6 Å². The molecule has 3 nitrogen and oxygen atoms in total. The van der Waals surface area contributed by atoms with Crippen molar-refractivity contribution in [3.63, 3.8) is 0 Å². The predicted octanol–water partition coefficient (Wildman–Crippen LogP) is 3.96. The second kappa shape index (κ2) is 8.48. The summed E-state index contributed by atoms with van der Waals surface area (Å²) < 4.78 is 18.6. The molecule has 0 bridgehead atoms. The molecule has 1 amide bonds. The molecule has 0 aliphatic rings. The first-order valence-electron chi connectivity index (χ1n) is 8.22. The highest BCUT2D eigenvalue weighted by Gasteiger charge is 2.15. The second-order valence-electron chi connectivity index (χ2n) is 6.05. The fraction of sp³-hybridized carbons (Fsp3) is 0.350. The summed E-state index contributed by atoms with van der Waals surface area (Å²) in [7, 11) is 0. The van der Waals surface area contributed by atoms with Crippen molar-refractivity contribution >= 4 is 5.91 Å². The molecule has 0 saturated heterocycles. The van der Waals surface area contributed by atoms with E-state index in [1.807, 2.05) is 32.0 Å². The third-order valence-electron chi connectivity index (χ3n) is 3.86. The molecule has 0 heterocycles. The van der Waals surface area contributed by atoms with Crippen LogP contribution in [0.4, 0.5) is 4.39 Å². The fourth-order valence-electron chi connectivity index (χ4n) is 2.47. The number of aryl methyl sites for hydroxylation is 3. The Kier molecular flexibility index (Phi) is 6.36. The van der Waals surface area contributed by atoms with Crippen LogP contribution in [0.15, 0.2) is 42.5 Å². The highest BCUT2D eigenvalue weighted by atomic mass is 19.1. The van der Waals surface area contributed by atoms with Gasteiger partial charge in [0.2, 0.25) is 0 Å². The third kappa shape index (κ3) is 5.37. The van der Waals surface area contributed by atoms with Crippen LogP contribution in [0.25, 0.3) is 0 Å². The zero-order chi connectivity index (χ0) is 17.5. The van der Waals surface area contributed by atoms with E-state index in [0.29, 0.717) is 6.54 Å². The molecule has 2 aromatic carbocycles. The van der Waals surface area contributed by atoms with Crippen LogP contribution in [0, 0.1) is 19.7 Å². The average Bonchev–Trinajstić information content (AvgIpc) is 2.55. The number of halogens is 1. The first-order valence-corrected chi connectivity index (χ1v) is 8.22. The molecule has 0 saturated carbocycles. The largest absolute Gasteiger partial charge is 0.481 e. The van der Waals surface area contributed by atoms with E-state index >= 15 is 0 Å². The van der Waals surface area contributed by atoms with E-state index in [9.17, 15) is 9.18 Å². The molecule has 24 heavy (non-hydrogen) atoms. The van der Waals surface area contributed by atoms with E-state index in [1.54, 1.807) is 19.1 Å². The first kappa shape index (κ1) is 18.0. The van der Waals surface area contributed by atoms with Crippen molar-refractivity contribution in [2.45, 2.75) is 39.7 Å². The van der Waals surface area contributed by atoms with Crippen molar-refractivity contribution in [1.29, 1.82) is 0 Å². The standard InChI is InChI=1S/C20H24FNO2/c1-14-6-11-19(15(2)13-14)24-16(3)20(23)22-12-4-5-17-7-9-18(21)10-8-17/h6-11,13,16H,4-5,12H2,1-3H3,(H,22,23)/t16-/m1/s1. The molecule has 0 aliphatic carbocycles. The molecule has 1 N–H and O–H groups in total. The topological polar surface area (TPSA) is 38.3 Å². The maximum Gasteiger partial charge on any atom is 0.260 e. The number of carbonyl (C=O) groups is 1. The number of carbonyl (C=O) groups excluding carboxylic acids is 1. The molecular weight excluding hydrogens is 305 g/mol. The van der Waals surface area contributed by atoms with Gasteiger partial charge in [-0.1, -0.05) is 29.8 Å². The van der Waals surface area contributed by atoms with E-state index in [-0.39, 0.29) is 11.7 Å². The molecule has 0 spiro atoms. The van der Waals surface area contributed by atoms with Gasteiger partial charge in [-0.3, -0.25) is 4.79 Å². The van der Waals surface area contributed by atoms with Crippen molar-refractivity contribution in [2.24, 2.45) is 0 Å². The molecule has 0 fully saturated rings. The number of hydrogen-bond acceptors (Lipinski definition) is 2. The summed E-state index contributed by atoms with van der Waals surface area (Å²) in [6.07, 6.45) is 1.05. The van der Waals surface area contributed by atoms with Crippen LogP contribution in [0.1, 0.15) is 30.0 Å². The van der Waals surface area contributed by atoms with Crippen LogP contribution in [0.2, 0.25) is 0 Å². The van der Waals surface area contributed by atoms with Crippen molar-refractivity contribution in [1.82, 2.24) is 5.32 Å². The molecule has 2 aromatic rings. The Hall–Kier alpha value is -2.36. The minimum Gasteiger partial charge on any atom is -0.481 e. The lowest BCUT2D eigenvalue weighted by atomic mass is 10.1. The highest BCUT2D eigenvalue weighted by molar-refractivity contribution is 5.80. The normalized spacial score (nSPS) is 11.8. The Labute approximate surface area is 142 Å². The molecule has 4 heteroatoms. The van der Waals surface area contributed by atoms with Crippen molar-refractivity contribution in [2.75, 3.05) is 6.54 Å². The SMILES string of the molecule is Cc1ccc(O[C@H](C)C(=O)NCCCc2ccc(F)cc2)c(C)c1. The Morgan fingerprint density at radius 2 is 1.88 bits per heavy atom. The third-order valence-corrected chi connectivity index (χ3v) is 3.86. The molecule has 128 valence electrons. The second-order valence-corrected chi connectivity index (χ2v) is 6.05. The highest BCUT2D eigenvalue weighted by Crippen LogP contribution is 2.20. The maximum absolute atomic E-state index is 12.8. The average molecular weight is 329 g/mol. The number of ether oxygens (including phenoxy) is 1. The Balaban J connectivity index is 1.74. The van der Waals surface area contributed by atoms with Crippen LogP contribution in [0.5, 0.6) is 5.75 Å². The van der Waals surface area contributed by atoms with Gasteiger partial charge in [-0.2, -0.15) is 0 Å². The van der Waals surface area contributed by atoms with Gasteiger partial charge in [-0.15, -0.1) is 0 Å². The van der Waals surface area contributed by atoms with Crippen LogP contribution in [0.3, 0.4) is 0 Å². The number of hydrogen-bond donors (Lipinski definition) is 1.